The number of nitrogens with one attached hydrogen (secondary N) is 1. The number of hydrogen-bond donors (Lipinski definition) is 2. The molecule has 3 N–H and O–H groups in total. The van der Waals surface area contributed by atoms with Crippen molar-refractivity contribution >= 4 is 30.7 Å². The Balaban J connectivity index is 0.00000312. The maximum Gasteiger partial charge on any atom is 0.237 e. The van der Waals surface area contributed by atoms with Gasteiger partial charge in [-0.15, -0.1) is 24.8 Å². The standard InChI is InChI=1S/C18H27F2N3O.2ClH/c1-18(2,3)16(21)17(24)22-12-6-5-9-23(10-12)11-13-14(19)7-4-8-15(13)20;;/h4,7-8,12,16H,5-6,9-11,21H2,1-3H3,(H,22,24);2*1H/t12?,16-;;/m1../s1. The van der Waals surface area contributed by atoms with Gasteiger partial charge in [-0.05, 0) is 36.9 Å². The molecule has 4 nitrogen and oxygen atoms in total. The Bertz CT molecular complexity index is 576. The van der Waals surface area contributed by atoms with Gasteiger partial charge in [0.05, 0.1) is 6.04 Å². The van der Waals surface area contributed by atoms with Gasteiger partial charge < -0.3 is 11.1 Å². The molecular formula is C18H29Cl2F2N3O. The average molecular weight is 412 g/mol. The van der Waals surface area contributed by atoms with Crippen molar-refractivity contribution in [2.24, 2.45) is 11.1 Å². The van der Waals surface area contributed by atoms with E-state index in [1.165, 1.54) is 18.2 Å². The summed E-state index contributed by atoms with van der Waals surface area (Å²) in [6.07, 6.45) is 1.71. The van der Waals surface area contributed by atoms with E-state index >= 15 is 0 Å². The number of hydrogen-bond acceptors (Lipinski definition) is 3. The molecule has 8 heteroatoms. The first-order valence-corrected chi connectivity index (χ1v) is 8.39. The summed E-state index contributed by atoms with van der Waals surface area (Å²) in [7, 11) is 0. The minimum Gasteiger partial charge on any atom is -0.351 e. The summed E-state index contributed by atoms with van der Waals surface area (Å²) < 4.78 is 27.6. The predicted octanol–water partition coefficient (Wildman–Crippen LogP) is 3.26. The van der Waals surface area contributed by atoms with Gasteiger partial charge in [-0.2, -0.15) is 0 Å². The fourth-order valence-electron chi connectivity index (χ4n) is 2.91. The molecule has 0 radical (unpaired) electrons. The highest BCUT2D eigenvalue weighted by Crippen LogP contribution is 2.20. The zero-order chi connectivity index (χ0) is 17.9. The summed E-state index contributed by atoms with van der Waals surface area (Å²) in [5.41, 5.74) is 5.75. The molecule has 0 aliphatic carbocycles. The Hall–Kier alpha value is -0.950. The lowest BCUT2D eigenvalue weighted by Crippen LogP contribution is -2.55. The molecule has 150 valence electrons. The Kier molecular flexibility index (Phi) is 10.0. The summed E-state index contributed by atoms with van der Waals surface area (Å²) in [6.45, 7) is 7.29. The first-order valence-electron chi connectivity index (χ1n) is 8.39. The number of likely N-dealkylation sites (tertiary alicyclic amines) is 1. The van der Waals surface area contributed by atoms with Crippen molar-refractivity contribution in [2.45, 2.75) is 52.2 Å². The maximum atomic E-state index is 13.8. The molecule has 1 fully saturated rings. The van der Waals surface area contributed by atoms with Gasteiger partial charge in [-0.1, -0.05) is 26.8 Å². The van der Waals surface area contributed by atoms with E-state index in [9.17, 15) is 13.6 Å². The third kappa shape index (κ3) is 6.65. The third-order valence-corrected chi connectivity index (χ3v) is 4.51. The first kappa shape index (κ1) is 25.1. The Morgan fingerprint density at radius 2 is 1.88 bits per heavy atom. The van der Waals surface area contributed by atoms with Crippen LogP contribution in [0.25, 0.3) is 0 Å². The Morgan fingerprint density at radius 1 is 1.31 bits per heavy atom. The van der Waals surface area contributed by atoms with Crippen molar-refractivity contribution < 1.29 is 13.6 Å². The Morgan fingerprint density at radius 3 is 2.42 bits per heavy atom. The molecule has 1 aromatic rings. The molecule has 2 rings (SSSR count). The highest BCUT2D eigenvalue weighted by molar-refractivity contribution is 5.85. The van der Waals surface area contributed by atoms with Gasteiger partial charge in [0.1, 0.15) is 11.6 Å². The van der Waals surface area contributed by atoms with E-state index in [0.717, 1.165) is 19.4 Å². The van der Waals surface area contributed by atoms with E-state index in [4.69, 9.17) is 5.73 Å². The fourth-order valence-corrected chi connectivity index (χ4v) is 2.91. The van der Waals surface area contributed by atoms with Crippen molar-refractivity contribution in [2.75, 3.05) is 13.1 Å². The molecular weight excluding hydrogens is 383 g/mol. The average Bonchev–Trinajstić information content (AvgIpc) is 2.50. The Labute approximate surface area is 166 Å². The van der Waals surface area contributed by atoms with Crippen LogP contribution in [-0.2, 0) is 11.3 Å². The van der Waals surface area contributed by atoms with Crippen molar-refractivity contribution in [1.82, 2.24) is 10.2 Å². The maximum absolute atomic E-state index is 13.8. The normalized spacial score (nSPS) is 19.1. The van der Waals surface area contributed by atoms with Crippen LogP contribution in [0.5, 0.6) is 0 Å². The van der Waals surface area contributed by atoms with E-state index in [2.05, 4.69) is 5.32 Å². The topological polar surface area (TPSA) is 58.4 Å². The highest BCUT2D eigenvalue weighted by atomic mass is 35.5. The number of halogens is 4. The zero-order valence-electron chi connectivity index (χ0n) is 15.4. The number of carbonyl (C=O) groups excluding carboxylic acids is 1. The second-order valence-electron chi connectivity index (χ2n) is 7.63. The van der Waals surface area contributed by atoms with E-state index in [0.29, 0.717) is 6.54 Å². The quantitative estimate of drug-likeness (QED) is 0.798. The lowest BCUT2D eigenvalue weighted by Gasteiger charge is -2.35. The molecule has 2 atom stereocenters. The summed E-state index contributed by atoms with van der Waals surface area (Å²) in [4.78, 5) is 14.2. The molecule has 0 bridgehead atoms. The molecule has 0 spiro atoms. The zero-order valence-corrected chi connectivity index (χ0v) is 17.1. The monoisotopic (exact) mass is 411 g/mol. The highest BCUT2D eigenvalue weighted by Gasteiger charge is 2.30. The lowest BCUT2D eigenvalue weighted by atomic mass is 9.86. The lowest BCUT2D eigenvalue weighted by molar-refractivity contribution is -0.125. The molecule has 26 heavy (non-hydrogen) atoms. The van der Waals surface area contributed by atoms with Crippen LogP contribution in [0.1, 0.15) is 39.2 Å². The van der Waals surface area contributed by atoms with Crippen LogP contribution in [0, 0.1) is 17.0 Å². The smallest absolute Gasteiger partial charge is 0.237 e. The van der Waals surface area contributed by atoms with Crippen molar-refractivity contribution in [1.29, 1.82) is 0 Å². The number of piperidine rings is 1. The van der Waals surface area contributed by atoms with Gasteiger partial charge in [0, 0.05) is 24.7 Å². The van der Waals surface area contributed by atoms with Crippen LogP contribution in [0.4, 0.5) is 8.78 Å². The van der Waals surface area contributed by atoms with Crippen LogP contribution in [0.3, 0.4) is 0 Å². The second kappa shape index (κ2) is 10.4. The molecule has 0 aromatic heterocycles. The first-order chi connectivity index (χ1) is 11.2. The summed E-state index contributed by atoms with van der Waals surface area (Å²) in [5.74, 6) is -1.24. The minimum absolute atomic E-state index is 0. The van der Waals surface area contributed by atoms with Gasteiger partial charge in [-0.25, -0.2) is 8.78 Å². The van der Waals surface area contributed by atoms with Crippen LogP contribution < -0.4 is 11.1 Å². The molecule has 1 aliphatic heterocycles. The van der Waals surface area contributed by atoms with Gasteiger partial charge in [0.2, 0.25) is 5.91 Å². The number of nitrogens with two attached hydrogens (primary N) is 1. The molecule has 1 heterocycles. The van der Waals surface area contributed by atoms with E-state index < -0.39 is 17.7 Å². The van der Waals surface area contributed by atoms with E-state index in [-0.39, 0.29) is 54.3 Å². The van der Waals surface area contributed by atoms with Crippen LogP contribution in [0.2, 0.25) is 0 Å². The van der Waals surface area contributed by atoms with Crippen LogP contribution in [-0.4, -0.2) is 36.0 Å². The van der Waals surface area contributed by atoms with Gasteiger partial charge in [0.15, 0.2) is 0 Å². The summed E-state index contributed by atoms with van der Waals surface area (Å²) in [5, 5.41) is 2.98. The second-order valence-corrected chi connectivity index (χ2v) is 7.63. The number of benzene rings is 1. The molecule has 1 unspecified atom stereocenters. The molecule has 1 saturated heterocycles. The van der Waals surface area contributed by atoms with Crippen molar-refractivity contribution in [3.63, 3.8) is 0 Å². The van der Waals surface area contributed by atoms with Gasteiger partial charge in [0.25, 0.3) is 0 Å². The molecule has 1 amide bonds. The number of nitrogens with zero attached hydrogens (tertiary/aromatic N) is 1. The van der Waals surface area contributed by atoms with Gasteiger partial charge >= 0.3 is 0 Å². The molecule has 1 aliphatic rings. The van der Waals surface area contributed by atoms with Crippen molar-refractivity contribution in [3.05, 3.63) is 35.4 Å². The van der Waals surface area contributed by atoms with Crippen molar-refractivity contribution in [3.8, 4) is 0 Å². The summed E-state index contributed by atoms with van der Waals surface area (Å²) >= 11 is 0. The van der Waals surface area contributed by atoms with Crippen LogP contribution >= 0.6 is 24.8 Å². The largest absolute Gasteiger partial charge is 0.351 e. The number of rotatable bonds is 4. The third-order valence-electron chi connectivity index (χ3n) is 4.51. The molecule has 0 saturated carbocycles. The fraction of sp³-hybridized carbons (Fsp3) is 0.611. The van der Waals surface area contributed by atoms with Crippen LogP contribution in [0.15, 0.2) is 18.2 Å². The number of amides is 1. The van der Waals surface area contributed by atoms with E-state index in [1.807, 2.05) is 25.7 Å². The van der Waals surface area contributed by atoms with Gasteiger partial charge in [-0.3, -0.25) is 9.69 Å². The minimum atomic E-state index is -0.586. The predicted molar refractivity (Wildman–Crippen MR) is 105 cm³/mol. The summed E-state index contributed by atoms with van der Waals surface area (Å²) in [6, 6.07) is 3.27. The SMILES string of the molecule is CC(C)(C)[C@H](N)C(=O)NC1CCCN(Cc2c(F)cccc2F)C1.Cl.Cl. The number of carbonyl (C=O) groups is 1. The molecule has 1 aromatic carbocycles. The van der Waals surface area contributed by atoms with E-state index in [1.54, 1.807) is 0 Å².